The lowest BCUT2D eigenvalue weighted by molar-refractivity contribution is -0.126. The van der Waals surface area contributed by atoms with Crippen LogP contribution in [0.2, 0.25) is 0 Å². The number of amides is 1. The van der Waals surface area contributed by atoms with Crippen molar-refractivity contribution in [2.24, 2.45) is 17.8 Å². The molecule has 13 heavy (non-hydrogen) atoms. The molecule has 0 aliphatic carbocycles. The van der Waals surface area contributed by atoms with Gasteiger partial charge in [0.25, 0.3) is 0 Å². The molecule has 0 spiro atoms. The first-order valence-electron chi connectivity index (χ1n) is 4.81. The second-order valence-electron chi connectivity index (χ2n) is 4.33. The number of hydrogen-bond donors (Lipinski definition) is 1. The van der Waals surface area contributed by atoms with E-state index in [-0.39, 0.29) is 18.3 Å². The highest BCUT2D eigenvalue weighted by Crippen LogP contribution is 2.29. The summed E-state index contributed by atoms with van der Waals surface area (Å²) in [6.45, 7) is 8.73. The molecule has 3 atom stereocenters. The van der Waals surface area contributed by atoms with Gasteiger partial charge in [-0.05, 0) is 24.7 Å². The molecule has 0 aromatic carbocycles. The zero-order valence-corrected chi connectivity index (χ0v) is 9.65. The number of rotatable bonds is 1. The summed E-state index contributed by atoms with van der Waals surface area (Å²) in [6.07, 6.45) is 0.711. The molecule has 0 radical (unpaired) electrons. The molecule has 0 bridgehead atoms. The maximum absolute atomic E-state index is 11.2. The van der Waals surface area contributed by atoms with E-state index in [0.717, 1.165) is 0 Å². The van der Waals surface area contributed by atoms with Crippen LogP contribution in [0.4, 0.5) is 0 Å². The van der Waals surface area contributed by atoms with Crippen LogP contribution in [0.1, 0.15) is 34.1 Å². The number of carbonyl (C=O) groups is 1. The highest BCUT2D eigenvalue weighted by Gasteiger charge is 2.32. The fraction of sp³-hybridized carbons (Fsp3) is 0.900. The number of halogens is 1. The summed E-state index contributed by atoms with van der Waals surface area (Å²) in [4.78, 5) is 11.2. The van der Waals surface area contributed by atoms with Crippen molar-refractivity contribution < 1.29 is 4.79 Å². The van der Waals surface area contributed by atoms with Crippen LogP contribution in [0.3, 0.4) is 0 Å². The molecule has 1 aliphatic heterocycles. The van der Waals surface area contributed by atoms with E-state index in [4.69, 9.17) is 0 Å². The van der Waals surface area contributed by atoms with Gasteiger partial charge in [0.1, 0.15) is 0 Å². The van der Waals surface area contributed by atoms with E-state index in [0.29, 0.717) is 30.2 Å². The quantitative estimate of drug-likeness (QED) is 0.699. The number of carbonyl (C=O) groups excluding carboxylic acids is 1. The first-order chi connectivity index (χ1) is 5.52. The first kappa shape index (κ1) is 12.8. The Labute approximate surface area is 86.9 Å². The zero-order valence-electron chi connectivity index (χ0n) is 8.83. The van der Waals surface area contributed by atoms with E-state index in [2.05, 4.69) is 33.0 Å². The number of nitrogens with one attached hydrogen (secondary N) is 1. The van der Waals surface area contributed by atoms with Crippen LogP contribution in [0.15, 0.2) is 0 Å². The average Bonchev–Trinajstić information content (AvgIpc) is 1.96. The SMILES string of the molecule is CC(C)C1CC(=O)NC(C)C1C.Cl. The van der Waals surface area contributed by atoms with Gasteiger partial charge in [0.2, 0.25) is 5.91 Å². The second-order valence-corrected chi connectivity index (χ2v) is 4.33. The smallest absolute Gasteiger partial charge is 0.220 e. The monoisotopic (exact) mass is 205 g/mol. The maximum Gasteiger partial charge on any atom is 0.220 e. The van der Waals surface area contributed by atoms with E-state index < -0.39 is 0 Å². The minimum absolute atomic E-state index is 0. The lowest BCUT2D eigenvalue weighted by Gasteiger charge is -2.36. The molecule has 0 saturated carbocycles. The Morgan fingerprint density at radius 2 is 1.92 bits per heavy atom. The third-order valence-electron chi connectivity index (χ3n) is 3.13. The van der Waals surface area contributed by atoms with Gasteiger partial charge < -0.3 is 5.32 Å². The van der Waals surface area contributed by atoms with E-state index in [9.17, 15) is 4.79 Å². The molecule has 1 amide bonds. The van der Waals surface area contributed by atoms with Gasteiger partial charge in [-0.15, -0.1) is 12.4 Å². The van der Waals surface area contributed by atoms with Crippen molar-refractivity contribution in [3.8, 4) is 0 Å². The minimum atomic E-state index is 0. The van der Waals surface area contributed by atoms with Gasteiger partial charge in [-0.2, -0.15) is 0 Å². The lowest BCUT2D eigenvalue weighted by atomic mass is 9.76. The van der Waals surface area contributed by atoms with Gasteiger partial charge in [0.15, 0.2) is 0 Å². The van der Waals surface area contributed by atoms with Gasteiger partial charge in [-0.25, -0.2) is 0 Å². The van der Waals surface area contributed by atoms with E-state index in [1.807, 2.05) is 0 Å². The summed E-state index contributed by atoms with van der Waals surface area (Å²) >= 11 is 0. The van der Waals surface area contributed by atoms with Crippen molar-refractivity contribution in [1.82, 2.24) is 5.32 Å². The maximum atomic E-state index is 11.2. The Balaban J connectivity index is 0.00000144. The molecule has 1 rings (SSSR count). The van der Waals surface area contributed by atoms with Crippen LogP contribution in [-0.4, -0.2) is 11.9 Å². The first-order valence-corrected chi connectivity index (χ1v) is 4.81. The van der Waals surface area contributed by atoms with Crippen molar-refractivity contribution in [2.45, 2.75) is 40.2 Å². The van der Waals surface area contributed by atoms with Crippen LogP contribution in [-0.2, 0) is 4.79 Å². The summed E-state index contributed by atoms with van der Waals surface area (Å²) in [5.74, 6) is 2.02. The van der Waals surface area contributed by atoms with Gasteiger partial charge in [-0.3, -0.25) is 4.79 Å². The molecule has 1 fully saturated rings. The third kappa shape index (κ3) is 2.87. The largest absolute Gasteiger partial charge is 0.353 e. The van der Waals surface area contributed by atoms with Crippen molar-refractivity contribution in [3.05, 3.63) is 0 Å². The molecule has 78 valence electrons. The molecule has 3 heteroatoms. The Morgan fingerprint density at radius 3 is 2.38 bits per heavy atom. The summed E-state index contributed by atoms with van der Waals surface area (Å²) in [7, 11) is 0. The van der Waals surface area contributed by atoms with Crippen LogP contribution in [0, 0.1) is 17.8 Å². The molecule has 1 saturated heterocycles. The topological polar surface area (TPSA) is 29.1 Å². The zero-order chi connectivity index (χ0) is 9.30. The summed E-state index contributed by atoms with van der Waals surface area (Å²) in [6, 6.07) is 0.346. The Kier molecular flexibility index (Phi) is 4.76. The highest BCUT2D eigenvalue weighted by molar-refractivity contribution is 5.85. The minimum Gasteiger partial charge on any atom is -0.353 e. The summed E-state index contributed by atoms with van der Waals surface area (Å²) in [5, 5.41) is 2.97. The molecule has 1 N–H and O–H groups in total. The van der Waals surface area contributed by atoms with E-state index in [1.54, 1.807) is 0 Å². The van der Waals surface area contributed by atoms with Gasteiger partial charge >= 0.3 is 0 Å². The van der Waals surface area contributed by atoms with Crippen LogP contribution in [0.5, 0.6) is 0 Å². The van der Waals surface area contributed by atoms with Gasteiger partial charge in [-0.1, -0.05) is 20.8 Å². The lowest BCUT2D eigenvalue weighted by Crippen LogP contribution is -2.47. The molecule has 0 aromatic rings. The third-order valence-corrected chi connectivity index (χ3v) is 3.13. The molecular weight excluding hydrogens is 186 g/mol. The van der Waals surface area contributed by atoms with Crippen LogP contribution in [0.25, 0.3) is 0 Å². The molecular formula is C10H20ClNO. The van der Waals surface area contributed by atoms with E-state index >= 15 is 0 Å². The predicted octanol–water partition coefficient (Wildman–Crippen LogP) is 2.22. The van der Waals surface area contributed by atoms with Crippen LogP contribution >= 0.6 is 12.4 Å². The number of hydrogen-bond acceptors (Lipinski definition) is 1. The van der Waals surface area contributed by atoms with Gasteiger partial charge in [0.05, 0.1) is 0 Å². The molecule has 1 heterocycles. The second kappa shape index (κ2) is 4.85. The van der Waals surface area contributed by atoms with Gasteiger partial charge in [0, 0.05) is 12.5 Å². The molecule has 3 unspecified atom stereocenters. The average molecular weight is 206 g/mol. The predicted molar refractivity (Wildman–Crippen MR) is 57.0 cm³/mol. The normalized spacial score (nSPS) is 33.9. The fourth-order valence-electron chi connectivity index (χ4n) is 2.06. The van der Waals surface area contributed by atoms with Crippen molar-refractivity contribution >= 4 is 18.3 Å². The fourth-order valence-corrected chi connectivity index (χ4v) is 2.06. The standard InChI is InChI=1S/C10H19NO.ClH/c1-6(2)9-5-10(12)11-8(4)7(9)3;/h6-9H,5H2,1-4H3,(H,11,12);1H. The number of piperidine rings is 1. The Hall–Kier alpha value is -0.240. The molecule has 1 aliphatic rings. The molecule has 0 aromatic heterocycles. The van der Waals surface area contributed by atoms with E-state index in [1.165, 1.54) is 0 Å². The summed E-state index contributed by atoms with van der Waals surface area (Å²) in [5.41, 5.74) is 0. The van der Waals surface area contributed by atoms with Crippen molar-refractivity contribution in [1.29, 1.82) is 0 Å². The van der Waals surface area contributed by atoms with Crippen molar-refractivity contribution in [2.75, 3.05) is 0 Å². The van der Waals surface area contributed by atoms with Crippen LogP contribution < -0.4 is 5.32 Å². The Bertz CT molecular complexity index is 182. The molecule has 2 nitrogen and oxygen atoms in total. The highest BCUT2D eigenvalue weighted by atomic mass is 35.5. The summed E-state index contributed by atoms with van der Waals surface area (Å²) < 4.78 is 0. The van der Waals surface area contributed by atoms with Crippen molar-refractivity contribution in [3.63, 3.8) is 0 Å². The Morgan fingerprint density at radius 1 is 1.38 bits per heavy atom.